The van der Waals surface area contributed by atoms with E-state index >= 15 is 0 Å². The van der Waals surface area contributed by atoms with Crippen molar-refractivity contribution < 1.29 is 19.1 Å². The summed E-state index contributed by atoms with van der Waals surface area (Å²) >= 11 is 0. The highest BCUT2D eigenvalue weighted by Gasteiger charge is 2.25. The third-order valence-electron chi connectivity index (χ3n) is 4.53. The number of carbonyl (C=O) groups is 2. The van der Waals surface area contributed by atoms with Crippen LogP contribution in [0.5, 0.6) is 0 Å². The van der Waals surface area contributed by atoms with E-state index in [1.165, 1.54) is 0 Å². The second-order valence-corrected chi connectivity index (χ2v) is 8.04. The van der Waals surface area contributed by atoms with Gasteiger partial charge < -0.3 is 19.7 Å². The molecular formula is C21H32N2O4. The third-order valence-corrected chi connectivity index (χ3v) is 4.53. The molecule has 1 aromatic carbocycles. The number of hydrogen-bond acceptors (Lipinski definition) is 4. The first-order chi connectivity index (χ1) is 12.8. The van der Waals surface area contributed by atoms with Gasteiger partial charge in [-0.2, -0.15) is 0 Å². The molecule has 1 heterocycles. The molecule has 2 amide bonds. The normalized spacial score (nSPS) is 17.7. The number of benzene rings is 1. The van der Waals surface area contributed by atoms with Crippen molar-refractivity contribution in [3.05, 3.63) is 35.9 Å². The maximum Gasteiger partial charge on any atom is 0.410 e. The zero-order valence-corrected chi connectivity index (χ0v) is 16.7. The Hall–Kier alpha value is -2.24. The molecule has 1 fully saturated rings. The summed E-state index contributed by atoms with van der Waals surface area (Å²) < 4.78 is 10.7. The lowest BCUT2D eigenvalue weighted by atomic mass is 9.97. The number of nitrogens with zero attached hydrogens (tertiary/aromatic N) is 1. The smallest absolute Gasteiger partial charge is 0.410 e. The van der Waals surface area contributed by atoms with Gasteiger partial charge in [0.15, 0.2) is 0 Å². The summed E-state index contributed by atoms with van der Waals surface area (Å²) in [6, 6.07) is 9.62. The second kappa shape index (κ2) is 10.2. The molecule has 150 valence electrons. The molecule has 0 bridgehead atoms. The number of likely N-dealkylation sites (tertiary alicyclic amines) is 1. The number of hydrogen-bond donors (Lipinski definition) is 1. The van der Waals surface area contributed by atoms with Crippen LogP contribution in [0.25, 0.3) is 0 Å². The summed E-state index contributed by atoms with van der Waals surface area (Å²) in [7, 11) is 0. The number of alkyl carbamates (subject to hydrolysis) is 1. The Labute approximate surface area is 162 Å². The highest BCUT2D eigenvalue weighted by atomic mass is 16.6. The average molecular weight is 376 g/mol. The first-order valence-corrected chi connectivity index (χ1v) is 9.76. The van der Waals surface area contributed by atoms with Crippen molar-refractivity contribution in [1.82, 2.24) is 10.2 Å². The van der Waals surface area contributed by atoms with Gasteiger partial charge in [0.25, 0.3) is 0 Å². The van der Waals surface area contributed by atoms with Gasteiger partial charge in [0.1, 0.15) is 12.2 Å². The van der Waals surface area contributed by atoms with Gasteiger partial charge in [-0.1, -0.05) is 30.3 Å². The molecule has 1 unspecified atom stereocenters. The zero-order valence-electron chi connectivity index (χ0n) is 16.7. The van der Waals surface area contributed by atoms with E-state index < -0.39 is 5.60 Å². The van der Waals surface area contributed by atoms with E-state index in [9.17, 15) is 9.59 Å². The van der Waals surface area contributed by atoms with E-state index in [1.54, 1.807) is 4.90 Å². The van der Waals surface area contributed by atoms with Gasteiger partial charge in [-0.15, -0.1) is 0 Å². The second-order valence-electron chi connectivity index (χ2n) is 8.04. The Balaban J connectivity index is 1.63. The van der Waals surface area contributed by atoms with Gasteiger partial charge in [0, 0.05) is 19.6 Å². The van der Waals surface area contributed by atoms with Crippen molar-refractivity contribution in [1.29, 1.82) is 0 Å². The summed E-state index contributed by atoms with van der Waals surface area (Å²) in [5, 5.41) is 2.82. The van der Waals surface area contributed by atoms with Crippen molar-refractivity contribution in [2.75, 3.05) is 19.6 Å². The molecule has 1 N–H and O–H groups in total. The molecule has 0 aliphatic carbocycles. The summed E-state index contributed by atoms with van der Waals surface area (Å²) in [4.78, 5) is 25.8. The monoisotopic (exact) mass is 376 g/mol. The van der Waals surface area contributed by atoms with Crippen LogP contribution >= 0.6 is 0 Å². The summed E-state index contributed by atoms with van der Waals surface area (Å²) in [6.07, 6.45) is 3.22. The van der Waals surface area contributed by atoms with Crippen LogP contribution in [0.1, 0.15) is 52.0 Å². The fraction of sp³-hybridized carbons (Fsp3) is 0.619. The molecule has 6 nitrogen and oxygen atoms in total. The number of nitrogens with one attached hydrogen (secondary N) is 1. The van der Waals surface area contributed by atoms with E-state index in [2.05, 4.69) is 5.32 Å². The van der Waals surface area contributed by atoms with Crippen LogP contribution in [0.15, 0.2) is 30.3 Å². The quantitative estimate of drug-likeness (QED) is 0.830. The van der Waals surface area contributed by atoms with Gasteiger partial charge >= 0.3 is 12.2 Å². The number of ether oxygens (including phenoxy) is 2. The first-order valence-electron chi connectivity index (χ1n) is 9.76. The summed E-state index contributed by atoms with van der Waals surface area (Å²) in [5.74, 6) is 0.492. The predicted octanol–water partition coefficient (Wildman–Crippen LogP) is 4.34. The van der Waals surface area contributed by atoms with Crippen LogP contribution in [0.3, 0.4) is 0 Å². The van der Waals surface area contributed by atoms with Crippen LogP contribution in [0.2, 0.25) is 0 Å². The van der Waals surface area contributed by atoms with Crippen LogP contribution < -0.4 is 5.32 Å². The minimum absolute atomic E-state index is 0.231. The zero-order chi connectivity index (χ0) is 19.7. The van der Waals surface area contributed by atoms with Crippen LogP contribution in [-0.2, 0) is 16.1 Å². The molecule has 1 aliphatic heterocycles. The lowest BCUT2D eigenvalue weighted by Gasteiger charge is -2.26. The average Bonchev–Trinajstić information content (AvgIpc) is 2.85. The SMILES string of the molecule is CC(C)(C)OC(=O)N1CCCC(CCNC(=O)OCc2ccccc2)CC1. The van der Waals surface area contributed by atoms with Crippen molar-refractivity contribution in [2.45, 2.75) is 58.7 Å². The molecule has 1 saturated heterocycles. The molecule has 1 atom stereocenters. The largest absolute Gasteiger partial charge is 0.445 e. The Bertz CT molecular complexity index is 598. The van der Waals surface area contributed by atoms with E-state index in [0.717, 1.165) is 37.8 Å². The molecule has 0 radical (unpaired) electrons. The lowest BCUT2D eigenvalue weighted by molar-refractivity contribution is 0.0255. The van der Waals surface area contributed by atoms with Crippen LogP contribution in [0.4, 0.5) is 9.59 Å². The van der Waals surface area contributed by atoms with Crippen molar-refractivity contribution in [2.24, 2.45) is 5.92 Å². The van der Waals surface area contributed by atoms with Crippen molar-refractivity contribution in [3.63, 3.8) is 0 Å². The lowest BCUT2D eigenvalue weighted by Crippen LogP contribution is -2.37. The molecule has 0 spiro atoms. The van der Waals surface area contributed by atoms with Crippen LogP contribution in [-0.4, -0.2) is 42.3 Å². The number of carbonyl (C=O) groups excluding carboxylic acids is 2. The standard InChI is InChI=1S/C21H32N2O4/c1-21(2,3)27-20(25)23-14-7-10-17(12-15-23)11-13-22-19(24)26-16-18-8-5-4-6-9-18/h4-6,8-9,17H,7,10-16H2,1-3H3,(H,22,24). The number of rotatable bonds is 5. The molecular weight excluding hydrogens is 344 g/mol. The van der Waals surface area contributed by atoms with Gasteiger partial charge in [-0.3, -0.25) is 0 Å². The van der Waals surface area contributed by atoms with E-state index in [0.29, 0.717) is 19.0 Å². The third kappa shape index (κ3) is 8.33. The van der Waals surface area contributed by atoms with Gasteiger partial charge in [-0.25, -0.2) is 9.59 Å². The number of amides is 2. The predicted molar refractivity (Wildman–Crippen MR) is 104 cm³/mol. The molecule has 1 aliphatic rings. The van der Waals surface area contributed by atoms with E-state index in [-0.39, 0.29) is 18.8 Å². The highest BCUT2D eigenvalue weighted by Crippen LogP contribution is 2.21. The Morgan fingerprint density at radius 3 is 2.59 bits per heavy atom. The maximum absolute atomic E-state index is 12.2. The van der Waals surface area contributed by atoms with Crippen molar-refractivity contribution >= 4 is 12.2 Å². The minimum atomic E-state index is -0.465. The first kappa shape index (κ1) is 21.1. The Kier molecular flexibility index (Phi) is 7.95. The molecule has 0 aromatic heterocycles. The molecule has 0 saturated carbocycles. The van der Waals surface area contributed by atoms with Crippen molar-refractivity contribution in [3.8, 4) is 0 Å². The summed E-state index contributed by atoms with van der Waals surface area (Å²) in [5.41, 5.74) is 0.506. The van der Waals surface area contributed by atoms with E-state index in [1.807, 2.05) is 51.1 Å². The Morgan fingerprint density at radius 2 is 1.89 bits per heavy atom. The minimum Gasteiger partial charge on any atom is -0.445 e. The van der Waals surface area contributed by atoms with Crippen LogP contribution in [0, 0.1) is 5.92 Å². The topological polar surface area (TPSA) is 67.9 Å². The Morgan fingerprint density at radius 1 is 1.15 bits per heavy atom. The fourth-order valence-corrected chi connectivity index (χ4v) is 3.12. The highest BCUT2D eigenvalue weighted by molar-refractivity contribution is 5.68. The molecule has 1 aromatic rings. The molecule has 27 heavy (non-hydrogen) atoms. The fourth-order valence-electron chi connectivity index (χ4n) is 3.12. The molecule has 2 rings (SSSR count). The maximum atomic E-state index is 12.2. The summed E-state index contributed by atoms with van der Waals surface area (Å²) in [6.45, 7) is 7.96. The van der Waals surface area contributed by atoms with E-state index in [4.69, 9.17) is 9.47 Å². The van der Waals surface area contributed by atoms with Gasteiger partial charge in [0.05, 0.1) is 0 Å². The molecule has 6 heteroatoms. The van der Waals surface area contributed by atoms with Gasteiger partial charge in [-0.05, 0) is 57.9 Å². The van der Waals surface area contributed by atoms with Gasteiger partial charge in [0.2, 0.25) is 0 Å².